The first kappa shape index (κ1) is 19.8. The van der Waals surface area contributed by atoms with Crippen LogP contribution in [0.1, 0.15) is 10.4 Å². The van der Waals surface area contributed by atoms with Gasteiger partial charge in [-0.2, -0.15) is 0 Å². The lowest BCUT2D eigenvalue weighted by atomic mass is 10.2. The fourth-order valence-electron chi connectivity index (χ4n) is 2.32. The summed E-state index contributed by atoms with van der Waals surface area (Å²) in [5, 5.41) is 2.73. The molecule has 0 bridgehead atoms. The van der Waals surface area contributed by atoms with E-state index in [1.165, 1.54) is 42.5 Å². The molecular formula is C19H13ClF2N2O3S. The molecule has 3 aromatic rings. The third-order valence-corrected chi connectivity index (χ3v) is 5.31. The third-order valence-electron chi connectivity index (χ3n) is 3.68. The van der Waals surface area contributed by atoms with Gasteiger partial charge < -0.3 is 5.32 Å². The molecule has 0 radical (unpaired) electrons. The monoisotopic (exact) mass is 422 g/mol. The van der Waals surface area contributed by atoms with Crippen LogP contribution in [0.25, 0.3) is 0 Å². The SMILES string of the molecule is O=C(Nc1ccc(F)cc1F)c1cccc(S(=O)(=O)Nc2ccc(Cl)cc2)c1. The van der Waals surface area contributed by atoms with Gasteiger partial charge in [0.1, 0.15) is 11.6 Å². The summed E-state index contributed by atoms with van der Waals surface area (Å²) in [6.07, 6.45) is 0. The first-order valence-electron chi connectivity index (χ1n) is 7.89. The summed E-state index contributed by atoms with van der Waals surface area (Å²) in [4.78, 5) is 12.2. The van der Waals surface area contributed by atoms with Crippen molar-refractivity contribution in [2.24, 2.45) is 0 Å². The topological polar surface area (TPSA) is 75.3 Å². The predicted molar refractivity (Wildman–Crippen MR) is 103 cm³/mol. The highest BCUT2D eigenvalue weighted by Gasteiger charge is 2.17. The molecular weight excluding hydrogens is 410 g/mol. The fourth-order valence-corrected chi connectivity index (χ4v) is 3.55. The van der Waals surface area contributed by atoms with Gasteiger partial charge in [-0.15, -0.1) is 0 Å². The van der Waals surface area contributed by atoms with Gasteiger partial charge in [0.2, 0.25) is 0 Å². The van der Waals surface area contributed by atoms with Crippen LogP contribution in [-0.2, 0) is 10.0 Å². The molecule has 0 aromatic heterocycles. The molecule has 0 aliphatic rings. The van der Waals surface area contributed by atoms with Crippen molar-refractivity contribution in [1.82, 2.24) is 0 Å². The Morgan fingerprint density at radius 3 is 2.32 bits per heavy atom. The zero-order valence-corrected chi connectivity index (χ0v) is 15.7. The van der Waals surface area contributed by atoms with Gasteiger partial charge in [0.15, 0.2) is 0 Å². The van der Waals surface area contributed by atoms with Crippen LogP contribution in [0, 0.1) is 11.6 Å². The number of halogens is 3. The minimum Gasteiger partial charge on any atom is -0.319 e. The van der Waals surface area contributed by atoms with Crippen LogP contribution < -0.4 is 10.0 Å². The van der Waals surface area contributed by atoms with Gasteiger partial charge >= 0.3 is 0 Å². The van der Waals surface area contributed by atoms with Crippen molar-refractivity contribution in [2.75, 3.05) is 10.0 Å². The molecule has 0 unspecified atom stereocenters. The van der Waals surface area contributed by atoms with Crippen LogP contribution in [0.5, 0.6) is 0 Å². The number of amides is 1. The second-order valence-electron chi connectivity index (χ2n) is 5.72. The Labute approximate surface area is 165 Å². The second kappa shape index (κ2) is 7.95. The molecule has 0 fully saturated rings. The van der Waals surface area contributed by atoms with Crippen molar-refractivity contribution in [3.8, 4) is 0 Å². The summed E-state index contributed by atoms with van der Waals surface area (Å²) in [5.41, 5.74) is 0.0642. The molecule has 3 rings (SSSR count). The van der Waals surface area contributed by atoms with E-state index in [1.807, 2.05) is 0 Å². The maximum absolute atomic E-state index is 13.7. The van der Waals surface area contributed by atoms with Gasteiger partial charge in [-0.25, -0.2) is 17.2 Å². The van der Waals surface area contributed by atoms with Crippen molar-refractivity contribution in [1.29, 1.82) is 0 Å². The second-order valence-corrected chi connectivity index (χ2v) is 7.84. The van der Waals surface area contributed by atoms with Crippen molar-refractivity contribution >= 4 is 38.9 Å². The Balaban J connectivity index is 1.82. The standard InChI is InChI=1S/C19H13ClF2N2O3S/c20-13-4-7-15(8-5-13)24-28(26,27)16-3-1-2-12(10-16)19(25)23-18-9-6-14(21)11-17(18)22/h1-11,24H,(H,23,25). The molecule has 2 N–H and O–H groups in total. The fraction of sp³-hybridized carbons (Fsp3) is 0. The largest absolute Gasteiger partial charge is 0.319 e. The predicted octanol–water partition coefficient (Wildman–Crippen LogP) is 4.67. The van der Waals surface area contributed by atoms with E-state index in [2.05, 4.69) is 10.0 Å². The van der Waals surface area contributed by atoms with Crippen LogP contribution in [0.2, 0.25) is 5.02 Å². The molecule has 144 valence electrons. The number of rotatable bonds is 5. The summed E-state index contributed by atoms with van der Waals surface area (Å²) in [6.45, 7) is 0. The quantitative estimate of drug-likeness (QED) is 0.627. The minimum absolute atomic E-state index is 0.0114. The summed E-state index contributed by atoms with van der Waals surface area (Å²) in [5.74, 6) is -2.47. The van der Waals surface area contributed by atoms with Gasteiger partial charge in [-0.1, -0.05) is 17.7 Å². The molecule has 0 saturated carbocycles. The van der Waals surface area contributed by atoms with E-state index in [-0.39, 0.29) is 16.1 Å². The van der Waals surface area contributed by atoms with E-state index in [1.54, 1.807) is 0 Å². The van der Waals surface area contributed by atoms with Crippen molar-refractivity contribution in [2.45, 2.75) is 4.90 Å². The first-order valence-corrected chi connectivity index (χ1v) is 9.75. The van der Waals surface area contributed by atoms with Crippen molar-refractivity contribution in [3.63, 3.8) is 0 Å². The van der Waals surface area contributed by atoms with Crippen LogP contribution in [-0.4, -0.2) is 14.3 Å². The average Bonchev–Trinajstić information content (AvgIpc) is 2.66. The van der Waals surface area contributed by atoms with E-state index in [9.17, 15) is 22.0 Å². The van der Waals surface area contributed by atoms with Gasteiger partial charge in [0.25, 0.3) is 15.9 Å². The normalized spacial score (nSPS) is 11.1. The molecule has 0 aliphatic heterocycles. The van der Waals surface area contributed by atoms with Gasteiger partial charge in [0, 0.05) is 22.3 Å². The summed E-state index contributed by atoms with van der Waals surface area (Å²) in [7, 11) is -3.97. The van der Waals surface area contributed by atoms with Gasteiger partial charge in [-0.3, -0.25) is 9.52 Å². The highest BCUT2D eigenvalue weighted by molar-refractivity contribution is 7.92. The molecule has 0 atom stereocenters. The van der Waals surface area contributed by atoms with E-state index in [0.29, 0.717) is 16.8 Å². The molecule has 5 nitrogen and oxygen atoms in total. The van der Waals surface area contributed by atoms with Gasteiger partial charge in [0.05, 0.1) is 10.6 Å². The zero-order chi connectivity index (χ0) is 20.3. The molecule has 0 aliphatic carbocycles. The minimum atomic E-state index is -3.97. The molecule has 0 saturated heterocycles. The lowest BCUT2D eigenvalue weighted by Gasteiger charge is -2.10. The molecule has 9 heteroatoms. The summed E-state index contributed by atoms with van der Waals surface area (Å²) < 4.78 is 54.1. The number of carbonyl (C=O) groups excluding carboxylic acids is 1. The molecule has 28 heavy (non-hydrogen) atoms. The zero-order valence-electron chi connectivity index (χ0n) is 14.1. The Morgan fingerprint density at radius 1 is 0.929 bits per heavy atom. The van der Waals surface area contributed by atoms with E-state index in [0.717, 1.165) is 18.2 Å². The Kier molecular flexibility index (Phi) is 5.62. The van der Waals surface area contributed by atoms with Crippen LogP contribution in [0.4, 0.5) is 20.2 Å². The molecule has 0 heterocycles. The number of sulfonamides is 1. The number of carbonyl (C=O) groups is 1. The Bertz CT molecular complexity index is 1140. The van der Waals surface area contributed by atoms with Crippen LogP contribution in [0.15, 0.2) is 71.6 Å². The Morgan fingerprint density at radius 2 is 1.64 bits per heavy atom. The highest BCUT2D eigenvalue weighted by Crippen LogP contribution is 2.20. The third kappa shape index (κ3) is 4.65. The van der Waals surface area contributed by atoms with Gasteiger partial charge in [-0.05, 0) is 54.6 Å². The van der Waals surface area contributed by atoms with Crippen LogP contribution in [0.3, 0.4) is 0 Å². The maximum atomic E-state index is 13.7. The molecule has 3 aromatic carbocycles. The summed E-state index contributed by atoms with van der Waals surface area (Å²) >= 11 is 5.77. The molecule has 1 amide bonds. The smallest absolute Gasteiger partial charge is 0.261 e. The van der Waals surface area contributed by atoms with E-state index >= 15 is 0 Å². The van der Waals surface area contributed by atoms with Crippen molar-refractivity contribution < 1.29 is 22.0 Å². The first-order chi connectivity index (χ1) is 13.2. The van der Waals surface area contributed by atoms with Crippen LogP contribution >= 0.6 is 11.6 Å². The Hall–Kier alpha value is -2.97. The highest BCUT2D eigenvalue weighted by atomic mass is 35.5. The summed E-state index contributed by atoms with van der Waals surface area (Å²) in [6, 6.07) is 14.0. The maximum Gasteiger partial charge on any atom is 0.261 e. The van der Waals surface area contributed by atoms with Crippen molar-refractivity contribution in [3.05, 3.63) is 89.0 Å². The van der Waals surface area contributed by atoms with E-state index < -0.39 is 27.6 Å². The lowest BCUT2D eigenvalue weighted by molar-refractivity contribution is 0.102. The number of benzene rings is 3. The lowest BCUT2D eigenvalue weighted by Crippen LogP contribution is -2.16. The van der Waals surface area contributed by atoms with E-state index in [4.69, 9.17) is 11.6 Å². The number of hydrogen-bond acceptors (Lipinski definition) is 3. The molecule has 0 spiro atoms. The number of hydrogen-bond donors (Lipinski definition) is 2. The number of anilines is 2. The number of nitrogens with one attached hydrogen (secondary N) is 2. The average molecular weight is 423 g/mol.